The SMILES string of the molecule is COc1cccc(COc2c(CCCN3CCN(C)CC3)cccc2OC)c1. The maximum atomic E-state index is 6.20. The molecule has 1 heterocycles. The molecule has 1 aliphatic rings. The Morgan fingerprint density at radius 1 is 0.929 bits per heavy atom. The molecule has 2 aromatic carbocycles. The summed E-state index contributed by atoms with van der Waals surface area (Å²) in [5.41, 5.74) is 2.28. The van der Waals surface area contributed by atoms with Crippen LogP contribution >= 0.6 is 0 Å². The second-order valence-electron chi connectivity index (χ2n) is 7.34. The summed E-state index contributed by atoms with van der Waals surface area (Å²) in [6.07, 6.45) is 2.10. The maximum absolute atomic E-state index is 6.20. The third kappa shape index (κ3) is 5.63. The molecule has 152 valence electrons. The molecular weight excluding hydrogens is 352 g/mol. The quantitative estimate of drug-likeness (QED) is 0.661. The van der Waals surface area contributed by atoms with Crippen molar-refractivity contribution < 1.29 is 14.2 Å². The van der Waals surface area contributed by atoms with Crippen LogP contribution in [0.4, 0.5) is 0 Å². The van der Waals surface area contributed by atoms with Gasteiger partial charge in [0.25, 0.3) is 0 Å². The number of benzene rings is 2. The second kappa shape index (κ2) is 10.3. The standard InChI is InChI=1S/C23H32N2O3/c1-24-13-15-25(16-14-24)12-6-9-20-8-5-11-22(27-3)23(20)28-18-19-7-4-10-21(17-19)26-2/h4-5,7-8,10-11,17H,6,9,12-16,18H2,1-3H3. The zero-order valence-corrected chi connectivity index (χ0v) is 17.3. The zero-order chi connectivity index (χ0) is 19.8. The van der Waals surface area contributed by atoms with E-state index in [4.69, 9.17) is 14.2 Å². The van der Waals surface area contributed by atoms with Crippen molar-refractivity contribution in [3.05, 3.63) is 53.6 Å². The first-order chi connectivity index (χ1) is 13.7. The molecule has 0 spiro atoms. The average Bonchev–Trinajstić information content (AvgIpc) is 2.74. The number of ether oxygens (including phenoxy) is 3. The Kier molecular flexibility index (Phi) is 7.57. The first kappa shape index (κ1) is 20.5. The Bertz CT molecular complexity index is 742. The lowest BCUT2D eigenvalue weighted by Crippen LogP contribution is -2.44. The fourth-order valence-corrected chi connectivity index (χ4v) is 3.57. The van der Waals surface area contributed by atoms with Gasteiger partial charge < -0.3 is 24.0 Å². The summed E-state index contributed by atoms with van der Waals surface area (Å²) in [4.78, 5) is 4.94. The number of aryl methyl sites for hydroxylation is 1. The number of likely N-dealkylation sites (N-methyl/N-ethyl adjacent to an activating group) is 1. The molecular formula is C23H32N2O3. The fraction of sp³-hybridized carbons (Fsp3) is 0.478. The van der Waals surface area contributed by atoms with Crippen LogP contribution in [0.5, 0.6) is 17.2 Å². The van der Waals surface area contributed by atoms with Crippen LogP contribution in [-0.2, 0) is 13.0 Å². The molecule has 0 unspecified atom stereocenters. The molecule has 0 atom stereocenters. The normalized spacial score (nSPS) is 15.4. The van der Waals surface area contributed by atoms with E-state index in [9.17, 15) is 0 Å². The molecule has 5 heteroatoms. The van der Waals surface area contributed by atoms with Gasteiger partial charge in [-0.3, -0.25) is 0 Å². The molecule has 2 aromatic rings. The largest absolute Gasteiger partial charge is 0.497 e. The van der Waals surface area contributed by atoms with Crippen molar-refractivity contribution in [2.24, 2.45) is 0 Å². The van der Waals surface area contributed by atoms with E-state index in [2.05, 4.69) is 22.9 Å². The molecule has 1 fully saturated rings. The fourth-order valence-electron chi connectivity index (χ4n) is 3.57. The minimum absolute atomic E-state index is 0.489. The van der Waals surface area contributed by atoms with Crippen LogP contribution < -0.4 is 14.2 Å². The molecule has 0 aliphatic carbocycles. The van der Waals surface area contributed by atoms with Crippen LogP contribution in [0.25, 0.3) is 0 Å². The molecule has 1 saturated heterocycles. The van der Waals surface area contributed by atoms with Crippen LogP contribution in [0.2, 0.25) is 0 Å². The molecule has 0 amide bonds. The molecule has 0 N–H and O–H groups in total. The van der Waals surface area contributed by atoms with Crippen molar-refractivity contribution in [1.82, 2.24) is 9.80 Å². The smallest absolute Gasteiger partial charge is 0.164 e. The molecule has 3 rings (SSSR count). The minimum atomic E-state index is 0.489. The van der Waals surface area contributed by atoms with Crippen LogP contribution in [0.15, 0.2) is 42.5 Å². The van der Waals surface area contributed by atoms with Crippen molar-refractivity contribution in [2.75, 3.05) is 54.0 Å². The van der Waals surface area contributed by atoms with E-state index in [0.717, 1.165) is 68.4 Å². The Hall–Kier alpha value is -2.24. The number of hydrogen-bond donors (Lipinski definition) is 0. The Morgan fingerprint density at radius 2 is 1.71 bits per heavy atom. The first-order valence-corrected chi connectivity index (χ1v) is 10.0. The van der Waals surface area contributed by atoms with Gasteiger partial charge in [0.2, 0.25) is 0 Å². The van der Waals surface area contributed by atoms with Gasteiger partial charge in [0.15, 0.2) is 11.5 Å². The van der Waals surface area contributed by atoms with E-state index in [-0.39, 0.29) is 0 Å². The summed E-state index contributed by atoms with van der Waals surface area (Å²) < 4.78 is 17.1. The van der Waals surface area contributed by atoms with Crippen LogP contribution in [0.3, 0.4) is 0 Å². The third-order valence-electron chi connectivity index (χ3n) is 5.31. The number of piperazine rings is 1. The van der Waals surface area contributed by atoms with E-state index >= 15 is 0 Å². The van der Waals surface area contributed by atoms with Crippen molar-refractivity contribution in [1.29, 1.82) is 0 Å². The van der Waals surface area contributed by atoms with Gasteiger partial charge in [-0.05, 0) is 55.8 Å². The molecule has 0 bridgehead atoms. The van der Waals surface area contributed by atoms with E-state index in [1.54, 1.807) is 14.2 Å². The average molecular weight is 385 g/mol. The molecule has 0 saturated carbocycles. The summed E-state index contributed by atoms with van der Waals surface area (Å²) in [5.74, 6) is 2.49. The molecule has 0 aromatic heterocycles. The number of methoxy groups -OCH3 is 2. The van der Waals surface area contributed by atoms with Gasteiger partial charge in [0, 0.05) is 26.2 Å². The highest BCUT2D eigenvalue weighted by molar-refractivity contribution is 5.47. The van der Waals surface area contributed by atoms with Crippen molar-refractivity contribution in [2.45, 2.75) is 19.4 Å². The predicted octanol–water partition coefficient (Wildman–Crippen LogP) is 3.46. The highest BCUT2D eigenvalue weighted by atomic mass is 16.5. The lowest BCUT2D eigenvalue weighted by atomic mass is 10.1. The molecule has 5 nitrogen and oxygen atoms in total. The van der Waals surface area contributed by atoms with E-state index < -0.39 is 0 Å². The van der Waals surface area contributed by atoms with Crippen molar-refractivity contribution in [3.8, 4) is 17.2 Å². The third-order valence-corrected chi connectivity index (χ3v) is 5.31. The van der Waals surface area contributed by atoms with Gasteiger partial charge in [-0.25, -0.2) is 0 Å². The van der Waals surface area contributed by atoms with Crippen LogP contribution in [0.1, 0.15) is 17.5 Å². The minimum Gasteiger partial charge on any atom is -0.497 e. The maximum Gasteiger partial charge on any atom is 0.164 e. The zero-order valence-electron chi connectivity index (χ0n) is 17.3. The van der Waals surface area contributed by atoms with Gasteiger partial charge >= 0.3 is 0 Å². The highest BCUT2D eigenvalue weighted by Gasteiger charge is 2.15. The second-order valence-corrected chi connectivity index (χ2v) is 7.34. The Balaban J connectivity index is 1.61. The van der Waals surface area contributed by atoms with Gasteiger partial charge in [-0.1, -0.05) is 24.3 Å². The number of para-hydroxylation sites is 1. The van der Waals surface area contributed by atoms with Gasteiger partial charge in [-0.15, -0.1) is 0 Å². The topological polar surface area (TPSA) is 34.2 Å². The summed E-state index contributed by atoms with van der Waals surface area (Å²) in [6.45, 7) is 6.26. The monoisotopic (exact) mass is 384 g/mol. The first-order valence-electron chi connectivity index (χ1n) is 10.0. The summed E-state index contributed by atoms with van der Waals surface area (Å²) in [7, 11) is 5.57. The summed E-state index contributed by atoms with van der Waals surface area (Å²) >= 11 is 0. The van der Waals surface area contributed by atoms with Gasteiger partial charge in [0.05, 0.1) is 14.2 Å². The van der Waals surface area contributed by atoms with Crippen molar-refractivity contribution in [3.63, 3.8) is 0 Å². The van der Waals surface area contributed by atoms with Gasteiger partial charge in [-0.2, -0.15) is 0 Å². The Labute approximate surface area is 168 Å². The van der Waals surface area contributed by atoms with E-state index in [1.165, 1.54) is 5.56 Å². The van der Waals surface area contributed by atoms with Crippen molar-refractivity contribution >= 4 is 0 Å². The highest BCUT2D eigenvalue weighted by Crippen LogP contribution is 2.33. The lowest BCUT2D eigenvalue weighted by Gasteiger charge is -2.32. The van der Waals surface area contributed by atoms with E-state index in [1.807, 2.05) is 36.4 Å². The summed E-state index contributed by atoms with van der Waals surface area (Å²) in [6, 6.07) is 14.1. The van der Waals surface area contributed by atoms with Crippen LogP contribution in [-0.4, -0.2) is 63.8 Å². The molecule has 28 heavy (non-hydrogen) atoms. The van der Waals surface area contributed by atoms with Gasteiger partial charge in [0.1, 0.15) is 12.4 Å². The number of nitrogens with zero attached hydrogens (tertiary/aromatic N) is 2. The predicted molar refractivity (Wildman–Crippen MR) is 113 cm³/mol. The number of hydrogen-bond acceptors (Lipinski definition) is 5. The van der Waals surface area contributed by atoms with E-state index in [0.29, 0.717) is 6.61 Å². The number of rotatable bonds is 9. The summed E-state index contributed by atoms with van der Waals surface area (Å²) in [5, 5.41) is 0. The molecule has 0 radical (unpaired) electrons. The molecule has 1 aliphatic heterocycles. The van der Waals surface area contributed by atoms with Crippen LogP contribution in [0, 0.1) is 0 Å². The Morgan fingerprint density at radius 3 is 2.46 bits per heavy atom. The lowest BCUT2D eigenvalue weighted by molar-refractivity contribution is 0.153.